The molecular formula is C13H18O6. The van der Waals surface area contributed by atoms with Crippen LogP contribution in [0, 0.1) is 18.3 Å². The van der Waals surface area contributed by atoms with Crippen LogP contribution in [0.4, 0.5) is 0 Å². The van der Waals surface area contributed by atoms with Crippen LogP contribution in [0.1, 0.15) is 20.8 Å². The summed E-state index contributed by atoms with van der Waals surface area (Å²) in [7, 11) is 0. The molecule has 1 saturated heterocycles. The molecule has 0 aromatic carbocycles. The van der Waals surface area contributed by atoms with Crippen molar-refractivity contribution in [2.45, 2.75) is 39.3 Å². The Balaban J connectivity index is 2.66. The van der Waals surface area contributed by atoms with Crippen molar-refractivity contribution < 1.29 is 28.5 Å². The van der Waals surface area contributed by atoms with Crippen molar-refractivity contribution >= 4 is 11.9 Å². The van der Waals surface area contributed by atoms with Gasteiger partial charge in [-0.3, -0.25) is 9.59 Å². The molecule has 0 radical (unpaired) electrons. The predicted molar refractivity (Wildman–Crippen MR) is 64.8 cm³/mol. The first-order valence-electron chi connectivity index (χ1n) is 5.96. The second-order valence-electron chi connectivity index (χ2n) is 4.30. The molecule has 1 aliphatic rings. The zero-order valence-electron chi connectivity index (χ0n) is 11.3. The van der Waals surface area contributed by atoms with E-state index in [1.807, 2.05) is 6.92 Å². The van der Waals surface area contributed by atoms with E-state index in [-0.39, 0.29) is 25.2 Å². The van der Waals surface area contributed by atoms with Crippen LogP contribution >= 0.6 is 0 Å². The quantitative estimate of drug-likeness (QED) is 0.411. The number of carbonyl (C=O) groups is 2. The molecule has 106 valence electrons. The third-order valence-corrected chi connectivity index (χ3v) is 2.73. The van der Waals surface area contributed by atoms with E-state index in [2.05, 4.69) is 5.92 Å². The summed E-state index contributed by atoms with van der Waals surface area (Å²) in [6, 6.07) is 0. The highest BCUT2D eigenvalue weighted by atomic mass is 16.7. The van der Waals surface area contributed by atoms with E-state index >= 15 is 0 Å². The molecule has 1 rings (SSSR count). The average molecular weight is 270 g/mol. The van der Waals surface area contributed by atoms with Crippen molar-refractivity contribution in [1.29, 1.82) is 0 Å². The van der Waals surface area contributed by atoms with Gasteiger partial charge in [-0.15, -0.1) is 6.42 Å². The maximum absolute atomic E-state index is 11.1. The first-order chi connectivity index (χ1) is 8.95. The fourth-order valence-electron chi connectivity index (χ4n) is 1.87. The van der Waals surface area contributed by atoms with Gasteiger partial charge in [0.1, 0.15) is 6.61 Å². The van der Waals surface area contributed by atoms with E-state index in [1.54, 1.807) is 0 Å². The highest BCUT2D eigenvalue weighted by molar-refractivity contribution is 5.67. The molecule has 0 saturated carbocycles. The van der Waals surface area contributed by atoms with Crippen molar-refractivity contribution in [3.8, 4) is 12.3 Å². The lowest BCUT2D eigenvalue weighted by molar-refractivity contribution is -0.196. The Labute approximate surface area is 112 Å². The van der Waals surface area contributed by atoms with E-state index < -0.39 is 24.3 Å². The van der Waals surface area contributed by atoms with Crippen LogP contribution in [0.25, 0.3) is 0 Å². The largest absolute Gasteiger partial charge is 0.455 e. The fraction of sp³-hybridized carbons (Fsp3) is 0.692. The van der Waals surface area contributed by atoms with Crippen LogP contribution in [-0.4, -0.2) is 43.7 Å². The van der Waals surface area contributed by atoms with Crippen molar-refractivity contribution in [3.05, 3.63) is 0 Å². The van der Waals surface area contributed by atoms with Crippen molar-refractivity contribution in [2.75, 3.05) is 13.2 Å². The molecule has 0 aromatic rings. The highest BCUT2D eigenvalue weighted by Gasteiger charge is 2.46. The van der Waals surface area contributed by atoms with Gasteiger partial charge in [-0.25, -0.2) is 0 Å². The topological polar surface area (TPSA) is 71.1 Å². The Morgan fingerprint density at radius 2 is 1.89 bits per heavy atom. The second-order valence-corrected chi connectivity index (χ2v) is 4.30. The van der Waals surface area contributed by atoms with Gasteiger partial charge in [0.2, 0.25) is 6.29 Å². The maximum atomic E-state index is 11.1. The lowest BCUT2D eigenvalue weighted by Gasteiger charge is -2.20. The number of terminal acetylenes is 1. The van der Waals surface area contributed by atoms with E-state index in [9.17, 15) is 9.59 Å². The standard InChI is InChI=1S/C13H18O6/c1-5-6-16-7-11-8(2)12(17-9(3)14)13(19-11)18-10(4)15/h1,8,11-13H,6-7H2,2-4H3/t8-,11?,12?,13-/m1/s1. The molecule has 1 aliphatic heterocycles. The highest BCUT2D eigenvalue weighted by Crippen LogP contribution is 2.30. The third kappa shape index (κ3) is 4.54. The van der Waals surface area contributed by atoms with Crippen LogP contribution in [0.2, 0.25) is 0 Å². The van der Waals surface area contributed by atoms with Crippen LogP contribution in [-0.2, 0) is 28.5 Å². The zero-order valence-corrected chi connectivity index (χ0v) is 11.3. The molecule has 6 heteroatoms. The molecule has 2 unspecified atom stereocenters. The molecular weight excluding hydrogens is 252 g/mol. The summed E-state index contributed by atoms with van der Waals surface area (Å²) in [5, 5.41) is 0. The monoisotopic (exact) mass is 270 g/mol. The van der Waals surface area contributed by atoms with E-state index in [1.165, 1.54) is 13.8 Å². The molecule has 1 fully saturated rings. The molecule has 1 heterocycles. The number of hydrogen-bond donors (Lipinski definition) is 0. The molecule has 6 nitrogen and oxygen atoms in total. The van der Waals surface area contributed by atoms with Crippen LogP contribution in [0.15, 0.2) is 0 Å². The number of carbonyl (C=O) groups excluding carboxylic acids is 2. The summed E-state index contributed by atoms with van der Waals surface area (Å²) in [5.74, 6) is 1.23. The first-order valence-corrected chi connectivity index (χ1v) is 5.96. The van der Waals surface area contributed by atoms with Gasteiger partial charge >= 0.3 is 11.9 Å². The van der Waals surface area contributed by atoms with Gasteiger partial charge in [0.25, 0.3) is 0 Å². The average Bonchev–Trinajstić information content (AvgIpc) is 2.57. The minimum Gasteiger partial charge on any atom is -0.455 e. The zero-order chi connectivity index (χ0) is 14.4. The summed E-state index contributed by atoms with van der Waals surface area (Å²) < 4.78 is 20.9. The molecule has 0 aliphatic carbocycles. The number of ether oxygens (including phenoxy) is 4. The van der Waals surface area contributed by atoms with Crippen molar-refractivity contribution in [3.63, 3.8) is 0 Å². The van der Waals surface area contributed by atoms with E-state index in [0.717, 1.165) is 0 Å². The molecule has 0 N–H and O–H groups in total. The van der Waals surface area contributed by atoms with Crippen molar-refractivity contribution in [1.82, 2.24) is 0 Å². The Bertz CT molecular complexity index is 372. The fourth-order valence-corrected chi connectivity index (χ4v) is 1.87. The lowest BCUT2D eigenvalue weighted by Crippen LogP contribution is -2.34. The summed E-state index contributed by atoms with van der Waals surface area (Å²) >= 11 is 0. The second kappa shape index (κ2) is 7.12. The van der Waals surface area contributed by atoms with Gasteiger partial charge in [-0.05, 0) is 0 Å². The first kappa shape index (κ1) is 15.5. The van der Waals surface area contributed by atoms with Gasteiger partial charge in [-0.1, -0.05) is 12.8 Å². The summed E-state index contributed by atoms with van der Waals surface area (Å²) in [5.41, 5.74) is 0. The minimum absolute atomic E-state index is 0.161. The summed E-state index contributed by atoms with van der Waals surface area (Å²) in [6.45, 7) is 4.81. The van der Waals surface area contributed by atoms with Gasteiger partial charge in [-0.2, -0.15) is 0 Å². The van der Waals surface area contributed by atoms with E-state index in [4.69, 9.17) is 25.4 Å². The number of hydrogen-bond acceptors (Lipinski definition) is 6. The maximum Gasteiger partial charge on any atom is 0.305 e. The Kier molecular flexibility index (Phi) is 5.80. The van der Waals surface area contributed by atoms with Crippen LogP contribution < -0.4 is 0 Å². The number of rotatable bonds is 5. The third-order valence-electron chi connectivity index (χ3n) is 2.73. The Hall–Kier alpha value is -1.58. The van der Waals surface area contributed by atoms with Crippen LogP contribution in [0.5, 0.6) is 0 Å². The minimum atomic E-state index is -0.907. The van der Waals surface area contributed by atoms with Crippen LogP contribution in [0.3, 0.4) is 0 Å². The summed E-state index contributed by atoms with van der Waals surface area (Å²) in [4.78, 5) is 22.1. The molecule has 0 aromatic heterocycles. The van der Waals surface area contributed by atoms with Gasteiger partial charge in [0.15, 0.2) is 6.10 Å². The van der Waals surface area contributed by atoms with Gasteiger partial charge < -0.3 is 18.9 Å². The molecule has 4 atom stereocenters. The van der Waals surface area contributed by atoms with E-state index in [0.29, 0.717) is 0 Å². The number of esters is 2. The smallest absolute Gasteiger partial charge is 0.305 e. The summed E-state index contributed by atoms with van der Waals surface area (Å²) in [6.07, 6.45) is 3.19. The Morgan fingerprint density at radius 1 is 1.26 bits per heavy atom. The van der Waals surface area contributed by atoms with Gasteiger partial charge in [0, 0.05) is 19.8 Å². The molecule has 0 spiro atoms. The van der Waals surface area contributed by atoms with Gasteiger partial charge in [0.05, 0.1) is 12.7 Å². The van der Waals surface area contributed by atoms with Crippen molar-refractivity contribution in [2.24, 2.45) is 5.92 Å². The SMILES string of the molecule is C#CCOCC1O[C@@H](OC(C)=O)C(OC(C)=O)[C@@H]1C. The lowest BCUT2D eigenvalue weighted by atomic mass is 10.0. The molecule has 19 heavy (non-hydrogen) atoms. The predicted octanol–water partition coefficient (Wildman–Crippen LogP) is 0.492. The Morgan fingerprint density at radius 3 is 2.42 bits per heavy atom. The normalized spacial score (nSPS) is 29.6. The molecule has 0 bridgehead atoms. The molecule has 0 amide bonds.